The lowest BCUT2D eigenvalue weighted by molar-refractivity contribution is 0.0694. The lowest BCUT2D eigenvalue weighted by Gasteiger charge is -2.08. The van der Waals surface area contributed by atoms with Gasteiger partial charge in [-0.15, -0.1) is 0 Å². The minimum Gasteiger partial charge on any atom is -0.477 e. The monoisotopic (exact) mass is 280 g/mol. The molecule has 0 saturated carbocycles. The number of pyridine rings is 2. The Hall–Kier alpha value is -2.95. The van der Waals surface area contributed by atoms with Crippen LogP contribution >= 0.6 is 0 Å². The summed E-state index contributed by atoms with van der Waals surface area (Å²) in [7, 11) is 0. The fourth-order valence-electron chi connectivity index (χ4n) is 2.22. The SMILES string of the molecule is O=C(O)c1cn(Cc2ccc3ncccc3c2)ccc1=O. The number of carbonyl (C=O) groups is 1. The van der Waals surface area contributed by atoms with Crippen LogP contribution in [0.5, 0.6) is 0 Å². The number of carboxylic acid groups (broad SMARTS) is 1. The highest BCUT2D eigenvalue weighted by Gasteiger charge is 2.08. The molecule has 0 fully saturated rings. The number of aromatic carboxylic acids is 1. The van der Waals surface area contributed by atoms with Crippen LogP contribution in [0, 0.1) is 0 Å². The van der Waals surface area contributed by atoms with Crippen molar-refractivity contribution in [3.05, 3.63) is 76.3 Å². The molecule has 0 saturated heterocycles. The van der Waals surface area contributed by atoms with Gasteiger partial charge < -0.3 is 9.67 Å². The average Bonchev–Trinajstić information content (AvgIpc) is 2.49. The molecular formula is C16H12N2O3. The van der Waals surface area contributed by atoms with Crippen molar-refractivity contribution in [2.75, 3.05) is 0 Å². The maximum absolute atomic E-state index is 11.4. The molecule has 1 aromatic carbocycles. The number of fused-ring (bicyclic) bond motifs is 1. The summed E-state index contributed by atoms with van der Waals surface area (Å²) in [6.45, 7) is 0.491. The van der Waals surface area contributed by atoms with E-state index in [0.717, 1.165) is 16.5 Å². The van der Waals surface area contributed by atoms with Crippen molar-refractivity contribution >= 4 is 16.9 Å². The molecule has 0 unspecified atom stereocenters. The summed E-state index contributed by atoms with van der Waals surface area (Å²) >= 11 is 0. The molecule has 1 N–H and O–H groups in total. The second kappa shape index (κ2) is 5.20. The van der Waals surface area contributed by atoms with E-state index in [-0.39, 0.29) is 5.56 Å². The zero-order valence-corrected chi connectivity index (χ0v) is 11.1. The minimum absolute atomic E-state index is 0.222. The highest BCUT2D eigenvalue weighted by molar-refractivity contribution is 5.87. The third-order valence-electron chi connectivity index (χ3n) is 3.24. The van der Waals surface area contributed by atoms with Crippen LogP contribution in [-0.2, 0) is 6.54 Å². The molecule has 0 amide bonds. The molecule has 3 aromatic rings. The number of aromatic nitrogens is 2. The van der Waals surface area contributed by atoms with Crippen molar-refractivity contribution in [2.45, 2.75) is 6.54 Å². The van der Waals surface area contributed by atoms with Gasteiger partial charge in [0.05, 0.1) is 5.52 Å². The molecule has 21 heavy (non-hydrogen) atoms. The van der Waals surface area contributed by atoms with Crippen molar-refractivity contribution in [3.8, 4) is 0 Å². The van der Waals surface area contributed by atoms with E-state index in [1.807, 2.05) is 30.3 Å². The number of rotatable bonds is 3. The summed E-state index contributed by atoms with van der Waals surface area (Å²) < 4.78 is 1.68. The van der Waals surface area contributed by atoms with Crippen LogP contribution in [0.15, 0.2) is 59.8 Å². The number of carboxylic acids is 1. The first kappa shape index (κ1) is 13.1. The Morgan fingerprint density at radius 1 is 1.24 bits per heavy atom. The summed E-state index contributed by atoms with van der Waals surface area (Å²) in [6, 6.07) is 11.0. The Bertz CT molecular complexity index is 884. The van der Waals surface area contributed by atoms with E-state index in [1.54, 1.807) is 17.0 Å². The quantitative estimate of drug-likeness (QED) is 0.797. The Balaban J connectivity index is 1.96. The lowest BCUT2D eigenvalue weighted by atomic mass is 10.1. The minimum atomic E-state index is -1.21. The third kappa shape index (κ3) is 2.67. The maximum atomic E-state index is 11.4. The molecule has 0 aliphatic carbocycles. The second-order valence-electron chi connectivity index (χ2n) is 4.73. The molecule has 0 radical (unpaired) electrons. The molecule has 0 aliphatic rings. The molecule has 0 spiro atoms. The van der Waals surface area contributed by atoms with E-state index in [4.69, 9.17) is 5.11 Å². The van der Waals surface area contributed by atoms with Gasteiger partial charge >= 0.3 is 5.97 Å². The molecule has 0 bridgehead atoms. The van der Waals surface area contributed by atoms with E-state index in [9.17, 15) is 9.59 Å². The fraction of sp³-hybridized carbons (Fsp3) is 0.0625. The highest BCUT2D eigenvalue weighted by atomic mass is 16.4. The van der Waals surface area contributed by atoms with Gasteiger partial charge in [0.15, 0.2) is 5.43 Å². The van der Waals surface area contributed by atoms with Crippen LogP contribution in [0.25, 0.3) is 10.9 Å². The largest absolute Gasteiger partial charge is 0.477 e. The zero-order chi connectivity index (χ0) is 14.8. The third-order valence-corrected chi connectivity index (χ3v) is 3.24. The predicted molar refractivity (Wildman–Crippen MR) is 78.5 cm³/mol. The molecular weight excluding hydrogens is 268 g/mol. The lowest BCUT2D eigenvalue weighted by Crippen LogP contribution is -2.16. The van der Waals surface area contributed by atoms with Crippen molar-refractivity contribution < 1.29 is 9.90 Å². The standard InChI is InChI=1S/C16H12N2O3/c19-15-5-7-18(10-13(15)16(20)21)9-11-3-4-14-12(8-11)2-1-6-17-14/h1-8,10H,9H2,(H,20,21). The summed E-state index contributed by atoms with van der Waals surface area (Å²) in [5.74, 6) is -1.21. The smallest absolute Gasteiger partial charge is 0.341 e. The van der Waals surface area contributed by atoms with Crippen LogP contribution in [0.4, 0.5) is 0 Å². The molecule has 3 rings (SSSR count). The molecule has 104 valence electrons. The van der Waals surface area contributed by atoms with Crippen LogP contribution < -0.4 is 5.43 Å². The van der Waals surface area contributed by atoms with Gasteiger partial charge in [0, 0.05) is 36.6 Å². The molecule has 2 heterocycles. The average molecular weight is 280 g/mol. The summed E-state index contributed by atoms with van der Waals surface area (Å²) in [4.78, 5) is 26.7. The Labute approximate surface area is 120 Å². The predicted octanol–water partition coefficient (Wildman–Crippen LogP) is 2.14. The van der Waals surface area contributed by atoms with E-state index in [1.165, 1.54) is 12.3 Å². The molecule has 2 aromatic heterocycles. The van der Waals surface area contributed by atoms with Gasteiger partial charge in [-0.25, -0.2) is 4.79 Å². The normalized spacial score (nSPS) is 10.7. The summed E-state index contributed by atoms with van der Waals surface area (Å²) in [6.07, 6.45) is 4.68. The van der Waals surface area contributed by atoms with E-state index < -0.39 is 11.4 Å². The maximum Gasteiger partial charge on any atom is 0.341 e. The molecule has 5 heteroatoms. The first-order valence-corrected chi connectivity index (χ1v) is 6.40. The van der Waals surface area contributed by atoms with Gasteiger partial charge in [-0.2, -0.15) is 0 Å². The molecule has 0 atom stereocenters. The fourth-order valence-corrected chi connectivity index (χ4v) is 2.22. The van der Waals surface area contributed by atoms with Gasteiger partial charge in [0.25, 0.3) is 0 Å². The van der Waals surface area contributed by atoms with Crippen molar-refractivity contribution in [1.29, 1.82) is 0 Å². The van der Waals surface area contributed by atoms with E-state index >= 15 is 0 Å². The first-order chi connectivity index (χ1) is 10.1. The Morgan fingerprint density at radius 3 is 2.90 bits per heavy atom. The number of hydrogen-bond donors (Lipinski definition) is 1. The van der Waals surface area contributed by atoms with Gasteiger partial charge in [0.1, 0.15) is 5.56 Å². The zero-order valence-electron chi connectivity index (χ0n) is 11.1. The Kier molecular flexibility index (Phi) is 3.23. The van der Waals surface area contributed by atoms with E-state index in [2.05, 4.69) is 4.98 Å². The number of benzene rings is 1. The van der Waals surface area contributed by atoms with Crippen molar-refractivity contribution in [1.82, 2.24) is 9.55 Å². The van der Waals surface area contributed by atoms with E-state index in [0.29, 0.717) is 6.54 Å². The summed E-state index contributed by atoms with van der Waals surface area (Å²) in [5.41, 5.74) is 1.21. The topological polar surface area (TPSA) is 72.2 Å². The molecule has 0 aliphatic heterocycles. The van der Waals surface area contributed by atoms with Crippen LogP contribution in [-0.4, -0.2) is 20.6 Å². The van der Waals surface area contributed by atoms with Crippen LogP contribution in [0.1, 0.15) is 15.9 Å². The van der Waals surface area contributed by atoms with Gasteiger partial charge in [0.2, 0.25) is 0 Å². The number of hydrogen-bond acceptors (Lipinski definition) is 3. The summed E-state index contributed by atoms with van der Waals surface area (Å²) in [5, 5.41) is 10.00. The highest BCUT2D eigenvalue weighted by Crippen LogP contribution is 2.14. The van der Waals surface area contributed by atoms with Crippen molar-refractivity contribution in [3.63, 3.8) is 0 Å². The van der Waals surface area contributed by atoms with Gasteiger partial charge in [-0.3, -0.25) is 9.78 Å². The Morgan fingerprint density at radius 2 is 2.10 bits per heavy atom. The second-order valence-corrected chi connectivity index (χ2v) is 4.73. The van der Waals surface area contributed by atoms with Crippen LogP contribution in [0.3, 0.4) is 0 Å². The van der Waals surface area contributed by atoms with Crippen LogP contribution in [0.2, 0.25) is 0 Å². The van der Waals surface area contributed by atoms with Gasteiger partial charge in [-0.1, -0.05) is 12.1 Å². The molecule has 5 nitrogen and oxygen atoms in total. The van der Waals surface area contributed by atoms with Crippen molar-refractivity contribution in [2.24, 2.45) is 0 Å². The van der Waals surface area contributed by atoms with Gasteiger partial charge in [-0.05, 0) is 23.8 Å². The first-order valence-electron chi connectivity index (χ1n) is 6.40. The number of nitrogens with zero attached hydrogens (tertiary/aromatic N) is 2.